The normalized spacial score (nSPS) is 11.7. The van der Waals surface area contributed by atoms with Crippen LogP contribution < -0.4 is 0 Å². The van der Waals surface area contributed by atoms with Gasteiger partial charge >= 0.3 is 6.18 Å². The number of aromatic nitrogens is 2. The van der Waals surface area contributed by atoms with E-state index in [4.69, 9.17) is 6.42 Å². The summed E-state index contributed by atoms with van der Waals surface area (Å²) in [6, 6.07) is 4.66. The summed E-state index contributed by atoms with van der Waals surface area (Å²) < 4.78 is 39.3. The van der Waals surface area contributed by atoms with Gasteiger partial charge in [0.25, 0.3) is 0 Å². The number of hydrogen-bond acceptors (Lipinski definition) is 1. The van der Waals surface area contributed by atoms with Gasteiger partial charge in [-0.2, -0.15) is 13.2 Å². The van der Waals surface area contributed by atoms with E-state index in [1.165, 1.54) is 6.07 Å². The first-order valence-electron chi connectivity index (χ1n) is 5.01. The highest BCUT2D eigenvalue weighted by molar-refractivity contribution is 5.78. The molecule has 0 unspecified atom stereocenters. The maximum absolute atomic E-state index is 12.7. The number of halogens is 3. The molecule has 0 atom stereocenters. The lowest BCUT2D eigenvalue weighted by molar-refractivity contribution is -0.146. The Hall–Kier alpha value is -1.96. The molecule has 0 bridgehead atoms. The minimum atomic E-state index is -4.45. The van der Waals surface area contributed by atoms with Crippen LogP contribution in [0, 0.1) is 12.3 Å². The van der Waals surface area contributed by atoms with Crippen LogP contribution in [-0.2, 0) is 12.7 Å². The van der Waals surface area contributed by atoms with Crippen molar-refractivity contribution >= 4 is 11.0 Å². The summed E-state index contributed by atoms with van der Waals surface area (Å²) in [6.45, 7) is 1.85. The standard InChI is InChI=1S/C12H9F3N2/c1-3-8-5-6-10-9(7-8)16-11(12(13,14)15)17(10)4-2/h1,5-7H,4H2,2H3. The van der Waals surface area contributed by atoms with Crippen LogP contribution in [0.15, 0.2) is 18.2 Å². The number of hydrogen-bond donors (Lipinski definition) is 0. The molecule has 2 aromatic rings. The van der Waals surface area contributed by atoms with Crippen LogP contribution in [0.25, 0.3) is 11.0 Å². The van der Waals surface area contributed by atoms with Gasteiger partial charge in [-0.25, -0.2) is 4.98 Å². The number of aryl methyl sites for hydroxylation is 1. The Morgan fingerprint density at radius 1 is 1.41 bits per heavy atom. The SMILES string of the molecule is C#Cc1ccc2c(c1)nc(C(F)(F)F)n2CC. The Bertz CT molecular complexity index is 602. The molecule has 0 saturated heterocycles. The summed E-state index contributed by atoms with van der Waals surface area (Å²) in [5.41, 5.74) is 1.24. The van der Waals surface area contributed by atoms with Crippen molar-refractivity contribution in [2.75, 3.05) is 0 Å². The smallest absolute Gasteiger partial charge is 0.321 e. The van der Waals surface area contributed by atoms with Crippen LogP contribution in [0.1, 0.15) is 18.3 Å². The first kappa shape index (κ1) is 11.5. The van der Waals surface area contributed by atoms with Gasteiger partial charge in [-0.05, 0) is 25.1 Å². The van der Waals surface area contributed by atoms with Crippen LogP contribution in [0.3, 0.4) is 0 Å². The highest BCUT2D eigenvalue weighted by Gasteiger charge is 2.37. The second kappa shape index (κ2) is 3.81. The Kier molecular flexibility index (Phi) is 2.58. The van der Waals surface area contributed by atoms with E-state index in [0.29, 0.717) is 11.1 Å². The molecule has 17 heavy (non-hydrogen) atoms. The lowest BCUT2D eigenvalue weighted by Crippen LogP contribution is -2.14. The third kappa shape index (κ3) is 1.86. The van der Waals surface area contributed by atoms with E-state index in [1.54, 1.807) is 19.1 Å². The molecular weight excluding hydrogens is 229 g/mol. The number of benzene rings is 1. The molecule has 5 heteroatoms. The molecule has 0 aliphatic rings. The van der Waals surface area contributed by atoms with E-state index >= 15 is 0 Å². The van der Waals surface area contributed by atoms with Crippen molar-refractivity contribution in [3.05, 3.63) is 29.6 Å². The average Bonchev–Trinajstić information content (AvgIpc) is 2.65. The van der Waals surface area contributed by atoms with Gasteiger partial charge in [0.05, 0.1) is 11.0 Å². The minimum Gasteiger partial charge on any atom is -0.321 e. The summed E-state index contributed by atoms with van der Waals surface area (Å²) in [5.74, 6) is 1.49. The first-order valence-corrected chi connectivity index (χ1v) is 5.01. The van der Waals surface area contributed by atoms with Crippen molar-refractivity contribution in [3.63, 3.8) is 0 Å². The Morgan fingerprint density at radius 2 is 2.12 bits per heavy atom. The second-order valence-corrected chi connectivity index (χ2v) is 3.53. The van der Waals surface area contributed by atoms with Gasteiger partial charge in [0.2, 0.25) is 5.82 Å². The Morgan fingerprint density at radius 3 is 2.65 bits per heavy atom. The van der Waals surface area contributed by atoms with Crippen molar-refractivity contribution in [3.8, 4) is 12.3 Å². The molecule has 0 saturated carbocycles. The number of terminal acetylenes is 1. The van der Waals surface area contributed by atoms with Gasteiger partial charge in [0, 0.05) is 12.1 Å². The fourth-order valence-electron chi connectivity index (χ4n) is 1.76. The van der Waals surface area contributed by atoms with Crippen molar-refractivity contribution in [1.29, 1.82) is 0 Å². The van der Waals surface area contributed by atoms with Gasteiger partial charge < -0.3 is 4.57 Å². The highest BCUT2D eigenvalue weighted by atomic mass is 19.4. The largest absolute Gasteiger partial charge is 0.449 e. The van der Waals surface area contributed by atoms with Crippen molar-refractivity contribution in [2.45, 2.75) is 19.6 Å². The maximum Gasteiger partial charge on any atom is 0.449 e. The van der Waals surface area contributed by atoms with Gasteiger partial charge in [0.1, 0.15) is 0 Å². The second-order valence-electron chi connectivity index (χ2n) is 3.53. The molecule has 0 spiro atoms. The molecule has 0 aliphatic heterocycles. The summed E-state index contributed by atoms with van der Waals surface area (Å²) in [6.07, 6.45) is 0.744. The monoisotopic (exact) mass is 238 g/mol. The Balaban J connectivity index is 2.76. The maximum atomic E-state index is 12.7. The highest BCUT2D eigenvalue weighted by Crippen LogP contribution is 2.31. The van der Waals surface area contributed by atoms with E-state index in [0.717, 1.165) is 4.57 Å². The van der Waals surface area contributed by atoms with Crippen LogP contribution in [0.4, 0.5) is 13.2 Å². The number of alkyl halides is 3. The zero-order valence-electron chi connectivity index (χ0n) is 9.04. The lowest BCUT2D eigenvalue weighted by atomic mass is 10.2. The van der Waals surface area contributed by atoms with Crippen LogP contribution >= 0.6 is 0 Å². The fourth-order valence-corrected chi connectivity index (χ4v) is 1.76. The molecule has 1 aromatic heterocycles. The van der Waals surface area contributed by atoms with Gasteiger partial charge in [-0.3, -0.25) is 0 Å². The molecule has 0 fully saturated rings. The predicted octanol–water partition coefficient (Wildman–Crippen LogP) is 3.06. The number of rotatable bonds is 1. The Labute approximate surface area is 96.1 Å². The van der Waals surface area contributed by atoms with E-state index in [1.807, 2.05) is 0 Å². The topological polar surface area (TPSA) is 17.8 Å². The summed E-state index contributed by atoms with van der Waals surface area (Å²) in [7, 11) is 0. The van der Waals surface area contributed by atoms with E-state index in [-0.39, 0.29) is 12.1 Å². The van der Waals surface area contributed by atoms with E-state index in [2.05, 4.69) is 10.9 Å². The zero-order chi connectivity index (χ0) is 12.6. The van der Waals surface area contributed by atoms with Crippen molar-refractivity contribution in [1.82, 2.24) is 9.55 Å². The molecule has 2 rings (SSSR count). The quantitative estimate of drug-likeness (QED) is 0.698. The van der Waals surface area contributed by atoms with Crippen molar-refractivity contribution < 1.29 is 13.2 Å². The average molecular weight is 238 g/mol. The number of nitrogens with zero attached hydrogens (tertiary/aromatic N) is 2. The fraction of sp³-hybridized carbons (Fsp3) is 0.250. The molecule has 0 N–H and O–H groups in total. The molecule has 0 amide bonds. The third-order valence-electron chi connectivity index (χ3n) is 2.48. The molecule has 1 heterocycles. The van der Waals surface area contributed by atoms with Gasteiger partial charge in [0.15, 0.2) is 0 Å². The first-order chi connectivity index (χ1) is 7.97. The molecule has 2 nitrogen and oxygen atoms in total. The third-order valence-corrected chi connectivity index (χ3v) is 2.48. The summed E-state index contributed by atoms with van der Waals surface area (Å²) in [4.78, 5) is 3.61. The van der Waals surface area contributed by atoms with Crippen LogP contribution in [-0.4, -0.2) is 9.55 Å². The molecule has 0 radical (unpaired) electrons. The zero-order valence-corrected chi connectivity index (χ0v) is 9.04. The number of fused-ring (bicyclic) bond motifs is 1. The summed E-state index contributed by atoms with van der Waals surface area (Å²) >= 11 is 0. The van der Waals surface area contributed by atoms with Gasteiger partial charge in [-0.15, -0.1) is 6.42 Å². The number of imidazole rings is 1. The molecule has 88 valence electrons. The molecular formula is C12H9F3N2. The minimum absolute atomic E-state index is 0.209. The van der Waals surface area contributed by atoms with E-state index < -0.39 is 12.0 Å². The van der Waals surface area contributed by atoms with Gasteiger partial charge in [-0.1, -0.05) is 5.92 Å². The van der Waals surface area contributed by atoms with Crippen molar-refractivity contribution in [2.24, 2.45) is 0 Å². The molecule has 1 aromatic carbocycles. The van der Waals surface area contributed by atoms with E-state index in [9.17, 15) is 13.2 Å². The predicted molar refractivity (Wildman–Crippen MR) is 58.3 cm³/mol. The summed E-state index contributed by atoms with van der Waals surface area (Å²) in [5, 5.41) is 0. The lowest BCUT2D eigenvalue weighted by Gasteiger charge is -2.08. The van der Waals surface area contributed by atoms with Crippen LogP contribution in [0.5, 0.6) is 0 Å². The molecule has 0 aliphatic carbocycles. The van der Waals surface area contributed by atoms with Crippen LogP contribution in [0.2, 0.25) is 0 Å².